The van der Waals surface area contributed by atoms with E-state index in [1.807, 2.05) is 42.7 Å². The molecule has 0 bridgehead atoms. The summed E-state index contributed by atoms with van der Waals surface area (Å²) in [6, 6.07) is 7.58. The largest absolute Gasteiger partial charge is 0.336 e. The Kier molecular flexibility index (Phi) is 3.51. The molecule has 0 fully saturated rings. The van der Waals surface area contributed by atoms with Gasteiger partial charge in [-0.15, -0.1) is 0 Å². The lowest BCUT2D eigenvalue weighted by Gasteiger charge is -2.06. The van der Waals surface area contributed by atoms with Gasteiger partial charge < -0.3 is 9.55 Å². The van der Waals surface area contributed by atoms with E-state index in [9.17, 15) is 4.79 Å². The van der Waals surface area contributed by atoms with Crippen molar-refractivity contribution in [2.24, 2.45) is 0 Å². The zero-order valence-electron chi connectivity index (χ0n) is 11.8. The van der Waals surface area contributed by atoms with Crippen LogP contribution in [0, 0.1) is 0 Å². The highest BCUT2D eigenvalue weighted by Crippen LogP contribution is 2.16. The molecule has 2 heterocycles. The molecule has 0 amide bonds. The summed E-state index contributed by atoms with van der Waals surface area (Å²) in [5, 5.41) is 0.698. The third-order valence-corrected chi connectivity index (χ3v) is 3.57. The maximum atomic E-state index is 11.9. The number of rotatable bonds is 3. The molecule has 1 N–H and O–H groups in total. The first-order valence-electron chi connectivity index (χ1n) is 6.74. The van der Waals surface area contributed by atoms with Gasteiger partial charge in [-0.3, -0.25) is 4.79 Å². The van der Waals surface area contributed by atoms with Gasteiger partial charge in [0.15, 0.2) is 11.2 Å². The van der Waals surface area contributed by atoms with Gasteiger partial charge in [0, 0.05) is 10.9 Å². The summed E-state index contributed by atoms with van der Waals surface area (Å²) in [5.41, 5.74) is 1.88. The van der Waals surface area contributed by atoms with Crippen LogP contribution >= 0.6 is 11.6 Å². The van der Waals surface area contributed by atoms with E-state index < -0.39 is 0 Å². The Balaban J connectivity index is 2.08. The fourth-order valence-corrected chi connectivity index (χ4v) is 2.28. The van der Waals surface area contributed by atoms with Gasteiger partial charge in [0.2, 0.25) is 0 Å². The van der Waals surface area contributed by atoms with Gasteiger partial charge in [-0.2, -0.15) is 4.98 Å². The summed E-state index contributed by atoms with van der Waals surface area (Å²) in [7, 11) is 0. The number of aromatic nitrogens is 4. The van der Waals surface area contributed by atoms with Crippen molar-refractivity contribution in [1.82, 2.24) is 19.5 Å². The molecule has 0 saturated carbocycles. The first-order chi connectivity index (χ1) is 10.0. The Hall–Kier alpha value is -2.14. The summed E-state index contributed by atoms with van der Waals surface area (Å²) < 4.78 is 1.86. The normalized spacial score (nSPS) is 11.4. The molecule has 0 radical (unpaired) electrons. The van der Waals surface area contributed by atoms with Crippen molar-refractivity contribution >= 4 is 22.8 Å². The molecule has 3 aromatic rings. The number of aromatic amines is 1. The second-order valence-electron chi connectivity index (χ2n) is 5.28. The van der Waals surface area contributed by atoms with Crippen LogP contribution in [0.15, 0.2) is 35.4 Å². The molecule has 0 spiro atoms. The van der Waals surface area contributed by atoms with Crippen molar-refractivity contribution in [2.45, 2.75) is 26.3 Å². The van der Waals surface area contributed by atoms with E-state index in [2.05, 4.69) is 15.0 Å². The zero-order chi connectivity index (χ0) is 15.0. The van der Waals surface area contributed by atoms with E-state index in [-0.39, 0.29) is 11.5 Å². The summed E-state index contributed by atoms with van der Waals surface area (Å²) >= 11 is 5.89. The highest BCUT2D eigenvalue weighted by Gasteiger charge is 2.12. The minimum Gasteiger partial charge on any atom is -0.336 e. The number of H-pyrrole nitrogens is 1. The summed E-state index contributed by atoms with van der Waals surface area (Å²) in [6.07, 6.45) is 1.53. The third-order valence-electron chi connectivity index (χ3n) is 3.32. The molecule has 21 heavy (non-hydrogen) atoms. The maximum absolute atomic E-state index is 11.9. The first kappa shape index (κ1) is 13.8. The number of fused-ring (bicyclic) bond motifs is 1. The molecule has 2 aromatic heterocycles. The van der Waals surface area contributed by atoms with Gasteiger partial charge in [-0.05, 0) is 17.7 Å². The topological polar surface area (TPSA) is 63.6 Å². The highest BCUT2D eigenvalue weighted by atomic mass is 35.5. The van der Waals surface area contributed by atoms with E-state index in [1.54, 1.807) is 0 Å². The van der Waals surface area contributed by atoms with Crippen molar-refractivity contribution in [2.75, 3.05) is 0 Å². The van der Waals surface area contributed by atoms with Gasteiger partial charge in [0.1, 0.15) is 12.2 Å². The Morgan fingerprint density at radius 2 is 2.00 bits per heavy atom. The standard InChI is InChI=1S/C15H15ClN4O/c1-9(2)13-18-12-14(19-13)20(8-17-15(12)21)7-10-3-5-11(16)6-4-10/h3-6,8-9H,7H2,1-2H3,(H,18,19). The van der Waals surface area contributed by atoms with Crippen LogP contribution in [0.5, 0.6) is 0 Å². The van der Waals surface area contributed by atoms with Crippen LogP contribution in [-0.4, -0.2) is 19.5 Å². The Morgan fingerprint density at radius 1 is 1.29 bits per heavy atom. The average molecular weight is 303 g/mol. The molecule has 3 rings (SSSR count). The van der Waals surface area contributed by atoms with E-state index in [0.29, 0.717) is 22.7 Å². The molecule has 5 nitrogen and oxygen atoms in total. The molecule has 0 unspecified atom stereocenters. The quantitative estimate of drug-likeness (QED) is 0.809. The number of hydrogen-bond acceptors (Lipinski definition) is 3. The minimum absolute atomic E-state index is 0.223. The van der Waals surface area contributed by atoms with Gasteiger partial charge in [-0.25, -0.2) is 4.98 Å². The predicted octanol–water partition coefficient (Wildman–Crippen LogP) is 2.94. The lowest BCUT2D eigenvalue weighted by atomic mass is 10.2. The maximum Gasteiger partial charge on any atom is 0.298 e. The number of nitrogens with one attached hydrogen (secondary N) is 1. The Morgan fingerprint density at radius 3 is 2.67 bits per heavy atom. The predicted molar refractivity (Wildman–Crippen MR) is 82.8 cm³/mol. The van der Waals surface area contributed by atoms with Crippen LogP contribution in [0.1, 0.15) is 31.2 Å². The van der Waals surface area contributed by atoms with Crippen molar-refractivity contribution in [3.8, 4) is 0 Å². The monoisotopic (exact) mass is 302 g/mol. The fraction of sp³-hybridized carbons (Fsp3) is 0.267. The van der Waals surface area contributed by atoms with Crippen molar-refractivity contribution in [3.05, 3.63) is 57.4 Å². The molecular weight excluding hydrogens is 288 g/mol. The number of hydrogen-bond donors (Lipinski definition) is 1. The molecule has 0 saturated heterocycles. The van der Waals surface area contributed by atoms with Gasteiger partial charge in [0.25, 0.3) is 5.56 Å². The lowest BCUT2D eigenvalue weighted by Crippen LogP contribution is -2.13. The molecular formula is C15H15ClN4O. The number of benzene rings is 1. The lowest BCUT2D eigenvalue weighted by molar-refractivity contribution is 0.773. The molecule has 0 atom stereocenters. The molecule has 0 aliphatic carbocycles. The molecule has 108 valence electrons. The van der Waals surface area contributed by atoms with Crippen LogP contribution in [0.4, 0.5) is 0 Å². The summed E-state index contributed by atoms with van der Waals surface area (Å²) in [4.78, 5) is 23.4. The van der Waals surface area contributed by atoms with E-state index in [0.717, 1.165) is 11.4 Å². The Labute approximate surface area is 126 Å². The second kappa shape index (κ2) is 5.33. The van der Waals surface area contributed by atoms with E-state index >= 15 is 0 Å². The van der Waals surface area contributed by atoms with Crippen molar-refractivity contribution in [3.63, 3.8) is 0 Å². The van der Waals surface area contributed by atoms with Gasteiger partial charge >= 0.3 is 0 Å². The van der Waals surface area contributed by atoms with Gasteiger partial charge in [-0.1, -0.05) is 37.6 Å². The van der Waals surface area contributed by atoms with Gasteiger partial charge in [0.05, 0.1) is 6.54 Å². The number of imidazole rings is 1. The molecule has 0 aliphatic rings. The Bertz CT molecular complexity index is 833. The van der Waals surface area contributed by atoms with Crippen LogP contribution < -0.4 is 5.56 Å². The molecule has 1 aromatic carbocycles. The fourth-order valence-electron chi connectivity index (χ4n) is 2.16. The van der Waals surface area contributed by atoms with Crippen LogP contribution in [0.3, 0.4) is 0 Å². The zero-order valence-corrected chi connectivity index (χ0v) is 12.6. The first-order valence-corrected chi connectivity index (χ1v) is 7.12. The third kappa shape index (κ3) is 2.69. The highest BCUT2D eigenvalue weighted by molar-refractivity contribution is 6.30. The van der Waals surface area contributed by atoms with Crippen molar-refractivity contribution in [1.29, 1.82) is 0 Å². The number of nitrogens with zero attached hydrogens (tertiary/aromatic N) is 3. The summed E-state index contributed by atoms with van der Waals surface area (Å²) in [6.45, 7) is 4.64. The summed E-state index contributed by atoms with van der Waals surface area (Å²) in [5.74, 6) is 1.01. The van der Waals surface area contributed by atoms with Crippen LogP contribution in [0.2, 0.25) is 5.02 Å². The smallest absolute Gasteiger partial charge is 0.298 e. The molecule has 6 heteroatoms. The SMILES string of the molecule is CC(C)c1nc2c([nH]1)c(=O)ncn2Cc1ccc(Cl)cc1. The van der Waals surface area contributed by atoms with E-state index in [4.69, 9.17) is 11.6 Å². The van der Waals surface area contributed by atoms with E-state index in [1.165, 1.54) is 6.33 Å². The number of halogens is 1. The second-order valence-corrected chi connectivity index (χ2v) is 5.72. The van der Waals surface area contributed by atoms with Crippen LogP contribution in [-0.2, 0) is 6.54 Å². The van der Waals surface area contributed by atoms with Crippen molar-refractivity contribution < 1.29 is 0 Å². The molecule has 0 aliphatic heterocycles. The van der Waals surface area contributed by atoms with Crippen LogP contribution in [0.25, 0.3) is 11.2 Å². The average Bonchev–Trinajstić information content (AvgIpc) is 2.91. The minimum atomic E-state index is -0.281.